The molecule has 0 radical (unpaired) electrons. The molecule has 0 atom stereocenters. The lowest BCUT2D eigenvalue weighted by atomic mass is 9.92. The van der Waals surface area contributed by atoms with Crippen molar-refractivity contribution in [1.82, 2.24) is 9.97 Å². The fraction of sp³-hybridized carbons (Fsp3) is 0.600. The maximum atomic E-state index is 5.84. The van der Waals surface area contributed by atoms with Gasteiger partial charge in [0.15, 0.2) is 0 Å². The number of aromatic nitrogens is 2. The molecule has 1 heterocycles. The zero-order valence-corrected chi connectivity index (χ0v) is 10.1. The summed E-state index contributed by atoms with van der Waals surface area (Å²) >= 11 is 3.31. The fourth-order valence-electron chi connectivity index (χ4n) is 1.83. The van der Waals surface area contributed by atoms with Crippen LogP contribution >= 0.6 is 15.9 Å². The Balaban J connectivity index is 1.89. The predicted molar refractivity (Wildman–Crippen MR) is 63.6 cm³/mol. The minimum absolute atomic E-state index is 0.383. The van der Waals surface area contributed by atoms with Crippen molar-refractivity contribution in [3.8, 4) is 0 Å². The Morgan fingerprint density at radius 2 is 1.80 bits per heavy atom. The SMILES string of the molecule is NC1CCC(Nc2ncc(Br)cn2)CC1. The molecule has 4 nitrogen and oxygen atoms in total. The average Bonchev–Trinajstić information content (AvgIpc) is 2.25. The van der Waals surface area contributed by atoms with Crippen molar-refractivity contribution in [2.24, 2.45) is 5.73 Å². The van der Waals surface area contributed by atoms with Gasteiger partial charge in [-0.25, -0.2) is 9.97 Å². The topological polar surface area (TPSA) is 63.8 Å². The van der Waals surface area contributed by atoms with Crippen LogP contribution < -0.4 is 11.1 Å². The first-order chi connectivity index (χ1) is 7.24. The second-order valence-electron chi connectivity index (χ2n) is 3.98. The van der Waals surface area contributed by atoms with Gasteiger partial charge in [0.2, 0.25) is 5.95 Å². The highest BCUT2D eigenvalue weighted by atomic mass is 79.9. The highest BCUT2D eigenvalue weighted by molar-refractivity contribution is 9.10. The third kappa shape index (κ3) is 3.14. The summed E-state index contributed by atoms with van der Waals surface area (Å²) < 4.78 is 0.902. The quantitative estimate of drug-likeness (QED) is 0.862. The fourth-order valence-corrected chi connectivity index (χ4v) is 2.04. The number of anilines is 1. The van der Waals surface area contributed by atoms with Gasteiger partial charge in [0.05, 0.1) is 4.47 Å². The molecule has 82 valence electrons. The Morgan fingerprint density at radius 3 is 2.40 bits per heavy atom. The van der Waals surface area contributed by atoms with Gasteiger partial charge in [-0.1, -0.05) is 0 Å². The summed E-state index contributed by atoms with van der Waals surface area (Å²) in [6.45, 7) is 0. The molecule has 1 saturated carbocycles. The normalized spacial score (nSPS) is 26.3. The van der Waals surface area contributed by atoms with Crippen LogP contribution in [-0.4, -0.2) is 22.1 Å². The molecule has 15 heavy (non-hydrogen) atoms. The van der Waals surface area contributed by atoms with Gasteiger partial charge in [-0.05, 0) is 41.6 Å². The van der Waals surface area contributed by atoms with Gasteiger partial charge in [-0.15, -0.1) is 0 Å². The van der Waals surface area contributed by atoms with E-state index in [4.69, 9.17) is 5.73 Å². The summed E-state index contributed by atoms with van der Waals surface area (Å²) in [6, 6.07) is 0.861. The Hall–Kier alpha value is -0.680. The van der Waals surface area contributed by atoms with Gasteiger partial charge >= 0.3 is 0 Å². The zero-order chi connectivity index (χ0) is 10.7. The number of nitrogens with zero attached hydrogens (tertiary/aromatic N) is 2. The van der Waals surface area contributed by atoms with Crippen LogP contribution in [0.1, 0.15) is 25.7 Å². The molecule has 1 fully saturated rings. The molecule has 0 spiro atoms. The van der Waals surface area contributed by atoms with Crippen molar-refractivity contribution in [2.45, 2.75) is 37.8 Å². The van der Waals surface area contributed by atoms with Gasteiger partial charge < -0.3 is 11.1 Å². The number of nitrogens with one attached hydrogen (secondary N) is 1. The summed E-state index contributed by atoms with van der Waals surface area (Å²) in [5.41, 5.74) is 5.84. The first-order valence-corrected chi connectivity index (χ1v) is 6.03. The predicted octanol–water partition coefficient (Wildman–Crippen LogP) is 1.92. The van der Waals surface area contributed by atoms with E-state index in [0.29, 0.717) is 18.0 Å². The van der Waals surface area contributed by atoms with E-state index in [2.05, 4.69) is 31.2 Å². The van der Waals surface area contributed by atoms with Crippen molar-refractivity contribution in [3.63, 3.8) is 0 Å². The van der Waals surface area contributed by atoms with Gasteiger partial charge in [0.25, 0.3) is 0 Å². The molecule has 0 bridgehead atoms. The van der Waals surface area contributed by atoms with E-state index >= 15 is 0 Å². The molecule has 0 amide bonds. The summed E-state index contributed by atoms with van der Waals surface area (Å²) in [5.74, 6) is 0.707. The standard InChI is InChI=1S/C10H15BrN4/c11-7-5-13-10(14-6-7)15-9-3-1-8(12)2-4-9/h5-6,8-9H,1-4,12H2,(H,13,14,15). The van der Waals surface area contributed by atoms with Crippen LogP contribution in [0.3, 0.4) is 0 Å². The third-order valence-corrected chi connectivity index (χ3v) is 3.13. The number of hydrogen-bond acceptors (Lipinski definition) is 4. The lowest BCUT2D eigenvalue weighted by molar-refractivity contribution is 0.410. The lowest BCUT2D eigenvalue weighted by Crippen LogP contribution is -2.33. The maximum Gasteiger partial charge on any atom is 0.222 e. The summed E-state index contributed by atoms with van der Waals surface area (Å²) in [5, 5.41) is 3.33. The third-order valence-electron chi connectivity index (χ3n) is 2.73. The van der Waals surface area contributed by atoms with Crippen LogP contribution in [0.4, 0.5) is 5.95 Å². The molecule has 5 heteroatoms. The lowest BCUT2D eigenvalue weighted by Gasteiger charge is -2.26. The maximum absolute atomic E-state index is 5.84. The highest BCUT2D eigenvalue weighted by Gasteiger charge is 2.18. The van der Waals surface area contributed by atoms with Gasteiger partial charge in [0, 0.05) is 24.5 Å². The Kier molecular flexibility index (Phi) is 3.53. The largest absolute Gasteiger partial charge is 0.351 e. The van der Waals surface area contributed by atoms with E-state index in [1.165, 1.54) is 0 Å². The number of rotatable bonds is 2. The molecule has 3 N–H and O–H groups in total. The van der Waals surface area contributed by atoms with E-state index in [9.17, 15) is 0 Å². The van der Waals surface area contributed by atoms with Crippen LogP contribution in [0.5, 0.6) is 0 Å². The van der Waals surface area contributed by atoms with Gasteiger partial charge in [0.1, 0.15) is 0 Å². The summed E-state index contributed by atoms with van der Waals surface area (Å²) in [6.07, 6.45) is 7.91. The second kappa shape index (κ2) is 4.90. The molecule has 0 saturated heterocycles. The molecule has 0 unspecified atom stereocenters. The second-order valence-corrected chi connectivity index (χ2v) is 4.90. The van der Waals surface area contributed by atoms with E-state index in [1.807, 2.05) is 0 Å². The van der Waals surface area contributed by atoms with Crippen LogP contribution in [0.15, 0.2) is 16.9 Å². The molecule has 1 aromatic rings. The molecule has 1 aliphatic carbocycles. The molecule has 1 aliphatic rings. The van der Waals surface area contributed by atoms with E-state index in [-0.39, 0.29) is 0 Å². The molecular weight excluding hydrogens is 256 g/mol. The minimum atomic E-state index is 0.383. The zero-order valence-electron chi connectivity index (χ0n) is 8.49. The van der Waals surface area contributed by atoms with E-state index < -0.39 is 0 Å². The summed E-state index contributed by atoms with van der Waals surface area (Å²) in [7, 11) is 0. The minimum Gasteiger partial charge on any atom is -0.351 e. The van der Waals surface area contributed by atoms with Crippen molar-refractivity contribution in [1.29, 1.82) is 0 Å². The number of halogens is 1. The van der Waals surface area contributed by atoms with Crippen LogP contribution in [0.2, 0.25) is 0 Å². The Labute approximate surface area is 97.8 Å². The highest BCUT2D eigenvalue weighted by Crippen LogP contribution is 2.19. The van der Waals surface area contributed by atoms with Crippen molar-refractivity contribution in [2.75, 3.05) is 5.32 Å². The number of nitrogens with two attached hydrogens (primary N) is 1. The molecular formula is C10H15BrN4. The van der Waals surface area contributed by atoms with Crippen molar-refractivity contribution >= 4 is 21.9 Å². The van der Waals surface area contributed by atoms with Crippen LogP contribution in [0.25, 0.3) is 0 Å². The molecule has 0 aliphatic heterocycles. The molecule has 1 aromatic heterocycles. The average molecular weight is 271 g/mol. The van der Waals surface area contributed by atoms with E-state index in [0.717, 1.165) is 30.2 Å². The van der Waals surface area contributed by atoms with Gasteiger partial charge in [-0.3, -0.25) is 0 Å². The van der Waals surface area contributed by atoms with Crippen LogP contribution in [0, 0.1) is 0 Å². The monoisotopic (exact) mass is 270 g/mol. The number of hydrogen-bond donors (Lipinski definition) is 2. The first kappa shape index (κ1) is 10.8. The first-order valence-electron chi connectivity index (χ1n) is 5.23. The van der Waals surface area contributed by atoms with Crippen LogP contribution in [-0.2, 0) is 0 Å². The smallest absolute Gasteiger partial charge is 0.222 e. The molecule has 2 rings (SSSR count). The Bertz CT molecular complexity index is 306. The van der Waals surface area contributed by atoms with E-state index in [1.54, 1.807) is 12.4 Å². The molecule has 0 aromatic carbocycles. The van der Waals surface area contributed by atoms with Crippen molar-refractivity contribution in [3.05, 3.63) is 16.9 Å². The van der Waals surface area contributed by atoms with Crippen molar-refractivity contribution < 1.29 is 0 Å². The summed E-state index contributed by atoms with van der Waals surface area (Å²) in [4.78, 5) is 8.38. The Morgan fingerprint density at radius 1 is 1.20 bits per heavy atom. The van der Waals surface area contributed by atoms with Gasteiger partial charge in [-0.2, -0.15) is 0 Å².